The van der Waals surface area contributed by atoms with E-state index >= 15 is 0 Å². The Morgan fingerprint density at radius 3 is 2.56 bits per heavy atom. The van der Waals surface area contributed by atoms with Gasteiger partial charge in [-0.3, -0.25) is 14.4 Å². The van der Waals surface area contributed by atoms with Crippen molar-refractivity contribution in [3.8, 4) is 5.75 Å². The summed E-state index contributed by atoms with van der Waals surface area (Å²) >= 11 is 0. The number of rotatable bonds is 3. The first kappa shape index (κ1) is 15.9. The van der Waals surface area contributed by atoms with Gasteiger partial charge in [-0.05, 0) is 43.5 Å². The van der Waals surface area contributed by atoms with Crippen molar-refractivity contribution in [1.82, 2.24) is 15.1 Å². The number of benzene rings is 1. The fourth-order valence-corrected chi connectivity index (χ4v) is 4.10. The number of amides is 3. The van der Waals surface area contributed by atoms with E-state index in [1.54, 1.807) is 41.2 Å². The van der Waals surface area contributed by atoms with Crippen molar-refractivity contribution < 1.29 is 19.1 Å². The monoisotopic (exact) mass is 343 g/mol. The highest BCUT2D eigenvalue weighted by Gasteiger charge is 2.51. The molecule has 1 aromatic carbocycles. The first-order valence-electron chi connectivity index (χ1n) is 8.64. The average Bonchev–Trinajstić information content (AvgIpc) is 3.27. The van der Waals surface area contributed by atoms with E-state index < -0.39 is 6.04 Å². The van der Waals surface area contributed by atoms with E-state index in [2.05, 4.69) is 5.32 Å². The molecular formula is C18H21N3O4. The first-order valence-corrected chi connectivity index (χ1v) is 8.64. The summed E-state index contributed by atoms with van der Waals surface area (Å²) in [5.41, 5.74) is 0.531. The zero-order valence-electron chi connectivity index (χ0n) is 14.1. The molecule has 7 heteroatoms. The molecule has 0 spiro atoms. The van der Waals surface area contributed by atoms with Crippen LogP contribution in [0.1, 0.15) is 29.6 Å². The molecular weight excluding hydrogens is 322 g/mol. The molecule has 3 saturated heterocycles. The van der Waals surface area contributed by atoms with Gasteiger partial charge in [0, 0.05) is 24.7 Å². The quantitative estimate of drug-likeness (QED) is 0.862. The van der Waals surface area contributed by atoms with Gasteiger partial charge in [-0.1, -0.05) is 0 Å². The average molecular weight is 343 g/mol. The van der Waals surface area contributed by atoms with Crippen molar-refractivity contribution in [2.24, 2.45) is 0 Å². The van der Waals surface area contributed by atoms with E-state index in [0.717, 1.165) is 12.8 Å². The Morgan fingerprint density at radius 1 is 1.12 bits per heavy atom. The molecule has 132 valence electrons. The minimum Gasteiger partial charge on any atom is -0.497 e. The smallest absolute Gasteiger partial charge is 0.251 e. The van der Waals surface area contributed by atoms with Gasteiger partial charge in [-0.2, -0.15) is 0 Å². The largest absolute Gasteiger partial charge is 0.497 e. The standard InChI is InChI=1S/C18H21N3O4/c1-25-13-6-4-11(5-7-13)16(22)19-12-9-15-18(24)20-8-2-3-14(20)17(23)21(15)10-12/h4-7,12,14-15H,2-3,8-10H2,1H3,(H,19,22)/t12-,14+,15-/m0/s1. The molecule has 0 bridgehead atoms. The van der Waals surface area contributed by atoms with Gasteiger partial charge in [0.15, 0.2) is 0 Å². The molecule has 0 radical (unpaired) electrons. The summed E-state index contributed by atoms with van der Waals surface area (Å²) in [4.78, 5) is 41.0. The summed E-state index contributed by atoms with van der Waals surface area (Å²) in [6.45, 7) is 1.07. The molecule has 3 aliphatic heterocycles. The van der Waals surface area contributed by atoms with Gasteiger partial charge >= 0.3 is 0 Å². The number of fused-ring (bicyclic) bond motifs is 2. The Kier molecular flexibility index (Phi) is 3.86. The highest BCUT2D eigenvalue weighted by atomic mass is 16.5. The Balaban J connectivity index is 1.44. The van der Waals surface area contributed by atoms with E-state index in [1.165, 1.54) is 0 Å². The number of nitrogens with one attached hydrogen (secondary N) is 1. The summed E-state index contributed by atoms with van der Waals surface area (Å²) in [5, 5.41) is 2.95. The lowest BCUT2D eigenvalue weighted by Crippen LogP contribution is -2.60. The van der Waals surface area contributed by atoms with Crippen LogP contribution in [0.3, 0.4) is 0 Å². The molecule has 0 aliphatic carbocycles. The number of piperazine rings is 1. The van der Waals surface area contributed by atoms with Gasteiger partial charge in [0.1, 0.15) is 17.8 Å². The van der Waals surface area contributed by atoms with Gasteiger partial charge in [0.05, 0.1) is 7.11 Å². The third-order valence-electron chi connectivity index (χ3n) is 5.38. The normalized spacial score (nSPS) is 28.0. The van der Waals surface area contributed by atoms with Crippen molar-refractivity contribution >= 4 is 17.7 Å². The molecule has 3 atom stereocenters. The van der Waals surface area contributed by atoms with Crippen LogP contribution in [0.15, 0.2) is 24.3 Å². The molecule has 0 saturated carbocycles. The maximum Gasteiger partial charge on any atom is 0.251 e. The van der Waals surface area contributed by atoms with E-state index in [1.807, 2.05) is 0 Å². The third kappa shape index (κ3) is 2.63. The van der Waals surface area contributed by atoms with Crippen LogP contribution in [0.4, 0.5) is 0 Å². The van der Waals surface area contributed by atoms with Gasteiger partial charge in [-0.15, -0.1) is 0 Å². The van der Waals surface area contributed by atoms with Crippen molar-refractivity contribution in [2.75, 3.05) is 20.2 Å². The van der Waals surface area contributed by atoms with Crippen LogP contribution in [0.25, 0.3) is 0 Å². The predicted molar refractivity (Wildman–Crippen MR) is 89.1 cm³/mol. The summed E-state index contributed by atoms with van der Waals surface area (Å²) in [6.07, 6.45) is 2.12. The Labute approximate surface area is 145 Å². The molecule has 3 amide bonds. The van der Waals surface area contributed by atoms with E-state index in [9.17, 15) is 14.4 Å². The van der Waals surface area contributed by atoms with Crippen LogP contribution >= 0.6 is 0 Å². The molecule has 3 aliphatic rings. The minimum absolute atomic E-state index is 0.0308. The Hall–Kier alpha value is -2.57. The molecule has 1 N–H and O–H groups in total. The molecule has 4 rings (SSSR count). The maximum atomic E-state index is 12.6. The predicted octanol–water partition coefficient (Wildman–Crippen LogP) is 0.399. The lowest BCUT2D eigenvalue weighted by molar-refractivity contribution is -0.156. The summed E-state index contributed by atoms with van der Waals surface area (Å²) in [7, 11) is 1.57. The summed E-state index contributed by atoms with van der Waals surface area (Å²) in [6, 6.07) is 5.93. The van der Waals surface area contributed by atoms with Gasteiger partial charge in [0.2, 0.25) is 11.8 Å². The molecule has 25 heavy (non-hydrogen) atoms. The Bertz CT molecular complexity index is 688. The second-order valence-corrected chi connectivity index (χ2v) is 6.83. The topological polar surface area (TPSA) is 79.0 Å². The fourth-order valence-electron chi connectivity index (χ4n) is 4.10. The number of ether oxygens (including phenoxy) is 1. The van der Waals surface area contributed by atoms with E-state index in [0.29, 0.717) is 30.8 Å². The highest BCUT2D eigenvalue weighted by Crippen LogP contribution is 2.32. The molecule has 3 fully saturated rings. The van der Waals surface area contributed by atoms with Crippen LogP contribution in [0.2, 0.25) is 0 Å². The molecule has 7 nitrogen and oxygen atoms in total. The van der Waals surface area contributed by atoms with Gasteiger partial charge in [-0.25, -0.2) is 0 Å². The van der Waals surface area contributed by atoms with E-state index in [-0.39, 0.29) is 29.8 Å². The van der Waals surface area contributed by atoms with Crippen LogP contribution in [0, 0.1) is 0 Å². The lowest BCUT2D eigenvalue weighted by atomic mass is 10.1. The summed E-state index contributed by atoms with van der Waals surface area (Å²) in [5.74, 6) is 0.547. The van der Waals surface area contributed by atoms with E-state index in [4.69, 9.17) is 4.74 Å². The molecule has 0 unspecified atom stereocenters. The first-order chi connectivity index (χ1) is 12.1. The molecule has 1 aromatic rings. The number of hydrogen-bond acceptors (Lipinski definition) is 4. The van der Waals surface area contributed by atoms with Crippen LogP contribution in [0.5, 0.6) is 5.75 Å². The zero-order valence-corrected chi connectivity index (χ0v) is 14.1. The molecule has 0 aromatic heterocycles. The van der Waals surface area contributed by atoms with Crippen LogP contribution in [-0.2, 0) is 9.59 Å². The van der Waals surface area contributed by atoms with Crippen molar-refractivity contribution in [1.29, 1.82) is 0 Å². The Morgan fingerprint density at radius 2 is 1.84 bits per heavy atom. The van der Waals surface area contributed by atoms with Crippen molar-refractivity contribution in [3.63, 3.8) is 0 Å². The van der Waals surface area contributed by atoms with Crippen LogP contribution < -0.4 is 10.1 Å². The summed E-state index contributed by atoms with van der Waals surface area (Å²) < 4.78 is 5.09. The SMILES string of the molecule is COc1ccc(C(=O)N[C@H]2C[C@H]3C(=O)N4CCC[C@@H]4C(=O)N3C2)cc1. The van der Waals surface area contributed by atoms with Crippen molar-refractivity contribution in [2.45, 2.75) is 37.4 Å². The zero-order chi connectivity index (χ0) is 17.6. The van der Waals surface area contributed by atoms with Crippen molar-refractivity contribution in [3.05, 3.63) is 29.8 Å². The number of carbonyl (C=O) groups is 3. The number of nitrogens with zero attached hydrogens (tertiary/aromatic N) is 2. The van der Waals surface area contributed by atoms with Gasteiger partial charge < -0.3 is 19.9 Å². The third-order valence-corrected chi connectivity index (χ3v) is 5.38. The van der Waals surface area contributed by atoms with Gasteiger partial charge in [0.25, 0.3) is 5.91 Å². The lowest BCUT2D eigenvalue weighted by Gasteiger charge is -2.38. The number of carbonyl (C=O) groups excluding carboxylic acids is 3. The second kappa shape index (κ2) is 6.06. The maximum absolute atomic E-state index is 12.6. The minimum atomic E-state index is -0.428. The molecule has 3 heterocycles. The highest BCUT2D eigenvalue weighted by molar-refractivity contribution is 5.98. The van der Waals surface area contributed by atoms with Crippen LogP contribution in [-0.4, -0.2) is 65.8 Å². The number of methoxy groups -OCH3 is 1. The fraction of sp³-hybridized carbons (Fsp3) is 0.500. The number of hydrogen-bond donors (Lipinski definition) is 1. The second-order valence-electron chi connectivity index (χ2n) is 6.83.